The van der Waals surface area contributed by atoms with E-state index in [1.54, 1.807) is 6.92 Å². The Morgan fingerprint density at radius 2 is 1.36 bits per heavy atom. The maximum atomic E-state index is 13.2. The molecular weight excluding hydrogens is 591 g/mol. The molecule has 0 radical (unpaired) electrons. The summed E-state index contributed by atoms with van der Waals surface area (Å²) in [4.78, 5) is 39.0. The number of hydrogen-bond donors (Lipinski definition) is 2. The number of rotatable bonds is 12. The Morgan fingerprint density at radius 1 is 0.809 bits per heavy atom. The fraction of sp³-hybridized carbons (Fsp3) is 0.447. The molecule has 1 fully saturated rings. The molecule has 0 saturated carbocycles. The first-order valence-corrected chi connectivity index (χ1v) is 16.7. The number of hydrogen-bond acceptors (Lipinski definition) is 6. The van der Waals surface area contributed by atoms with Crippen LogP contribution in [0.2, 0.25) is 0 Å². The van der Waals surface area contributed by atoms with Gasteiger partial charge in [0.25, 0.3) is 0 Å². The number of benzene rings is 3. The van der Waals surface area contributed by atoms with Gasteiger partial charge in [-0.05, 0) is 86.7 Å². The van der Waals surface area contributed by atoms with Crippen molar-refractivity contribution >= 4 is 30.4 Å². The van der Waals surface area contributed by atoms with E-state index in [2.05, 4.69) is 34.9 Å². The van der Waals surface area contributed by atoms with Crippen molar-refractivity contribution in [1.29, 1.82) is 0 Å². The zero-order valence-electron chi connectivity index (χ0n) is 28.6. The molecule has 3 aromatic rings. The van der Waals surface area contributed by atoms with E-state index in [9.17, 15) is 14.4 Å². The van der Waals surface area contributed by atoms with E-state index in [0.717, 1.165) is 39.7 Å². The number of ketones is 1. The van der Waals surface area contributed by atoms with Crippen LogP contribution in [0.25, 0.3) is 11.1 Å². The first-order valence-electron chi connectivity index (χ1n) is 16.7. The molecule has 9 heteroatoms. The highest BCUT2D eigenvalue weighted by atomic mass is 16.7. The molecule has 0 spiro atoms. The molecule has 2 aliphatic rings. The molecule has 2 amide bonds. The van der Waals surface area contributed by atoms with Crippen molar-refractivity contribution in [3.05, 3.63) is 89.5 Å². The second-order valence-corrected chi connectivity index (χ2v) is 14.1. The fourth-order valence-electron chi connectivity index (χ4n) is 6.19. The second-order valence-electron chi connectivity index (χ2n) is 14.1. The molecule has 8 nitrogen and oxygen atoms in total. The molecule has 3 aromatic carbocycles. The highest BCUT2D eigenvalue weighted by molar-refractivity contribution is 6.62. The van der Waals surface area contributed by atoms with Crippen molar-refractivity contribution < 1.29 is 28.4 Å². The van der Waals surface area contributed by atoms with Crippen LogP contribution < -0.4 is 16.1 Å². The lowest BCUT2D eigenvalue weighted by Gasteiger charge is -2.32. The molecule has 1 heterocycles. The average molecular weight is 639 g/mol. The van der Waals surface area contributed by atoms with Crippen molar-refractivity contribution in [2.75, 3.05) is 6.61 Å². The molecule has 1 saturated heterocycles. The van der Waals surface area contributed by atoms with Crippen LogP contribution in [0.4, 0.5) is 4.79 Å². The summed E-state index contributed by atoms with van der Waals surface area (Å²) in [5.41, 5.74) is 5.81. The highest BCUT2D eigenvalue weighted by Gasteiger charge is 2.51. The first-order chi connectivity index (χ1) is 22.3. The van der Waals surface area contributed by atoms with E-state index >= 15 is 0 Å². The molecular formula is C38H47BN2O6. The van der Waals surface area contributed by atoms with E-state index in [0.29, 0.717) is 12.8 Å². The summed E-state index contributed by atoms with van der Waals surface area (Å²) < 4.78 is 17.9. The number of aryl methyl sites for hydroxylation is 1. The van der Waals surface area contributed by atoms with Crippen molar-refractivity contribution in [3.8, 4) is 11.1 Å². The molecule has 0 bridgehead atoms. The predicted octanol–water partition coefficient (Wildman–Crippen LogP) is 5.95. The summed E-state index contributed by atoms with van der Waals surface area (Å²) >= 11 is 0. The lowest BCUT2D eigenvalue weighted by atomic mass is 9.78. The Labute approximate surface area is 279 Å². The van der Waals surface area contributed by atoms with Crippen LogP contribution in [-0.2, 0) is 30.1 Å². The third-order valence-corrected chi connectivity index (χ3v) is 9.80. The van der Waals surface area contributed by atoms with Gasteiger partial charge in [0.05, 0.1) is 17.2 Å². The first kappa shape index (κ1) is 34.4. The molecule has 5 rings (SSSR count). The van der Waals surface area contributed by atoms with Crippen LogP contribution in [0, 0.1) is 5.92 Å². The number of fused-ring (bicyclic) bond motifs is 3. The molecule has 0 unspecified atom stereocenters. The number of ether oxygens (including phenoxy) is 1. The number of nitrogens with one attached hydrogen (secondary N) is 2. The van der Waals surface area contributed by atoms with Gasteiger partial charge in [-0.2, -0.15) is 0 Å². The number of alkyl carbamates (subject to hydrolysis) is 1. The Hall–Kier alpha value is -3.95. The minimum Gasteiger partial charge on any atom is -0.449 e. The lowest BCUT2D eigenvalue weighted by molar-refractivity contribution is -0.129. The topological polar surface area (TPSA) is 103 Å². The van der Waals surface area contributed by atoms with Gasteiger partial charge in [-0.15, -0.1) is 0 Å². The van der Waals surface area contributed by atoms with Crippen molar-refractivity contribution in [1.82, 2.24) is 10.6 Å². The predicted molar refractivity (Wildman–Crippen MR) is 185 cm³/mol. The van der Waals surface area contributed by atoms with E-state index in [1.165, 1.54) is 0 Å². The Balaban J connectivity index is 1.07. The van der Waals surface area contributed by atoms with Gasteiger partial charge in [0.15, 0.2) is 5.78 Å². The fourth-order valence-corrected chi connectivity index (χ4v) is 6.19. The van der Waals surface area contributed by atoms with Crippen LogP contribution in [0.3, 0.4) is 0 Å². The Bertz CT molecular complexity index is 1540. The summed E-state index contributed by atoms with van der Waals surface area (Å²) in [6.07, 6.45) is 1.05. The maximum absolute atomic E-state index is 13.2. The van der Waals surface area contributed by atoms with Gasteiger partial charge in [0.1, 0.15) is 12.6 Å². The monoisotopic (exact) mass is 638 g/mol. The summed E-state index contributed by atoms with van der Waals surface area (Å²) in [5.74, 6) is -0.758. The summed E-state index contributed by atoms with van der Waals surface area (Å²) in [7, 11) is -0.409. The van der Waals surface area contributed by atoms with Gasteiger partial charge in [-0.1, -0.05) is 86.6 Å². The third kappa shape index (κ3) is 7.63. The SMILES string of the molecule is CC(C)[C@H](NC(=O)OCC1c2ccccc2-c2ccccc21)C(=O)N[C@@H](C)C(=O)CCCc1ccc(B2OC(C)(C)C(C)(C)O2)cc1. The van der Waals surface area contributed by atoms with Gasteiger partial charge < -0.3 is 24.7 Å². The molecule has 1 aliphatic carbocycles. The van der Waals surface area contributed by atoms with E-state index in [1.807, 2.05) is 90.1 Å². The number of carbonyl (C=O) groups is 3. The van der Waals surface area contributed by atoms with Crippen molar-refractivity contribution in [2.45, 2.75) is 96.9 Å². The molecule has 1 aliphatic heterocycles. The van der Waals surface area contributed by atoms with Crippen LogP contribution in [-0.4, -0.2) is 54.8 Å². The van der Waals surface area contributed by atoms with Crippen molar-refractivity contribution in [2.24, 2.45) is 5.92 Å². The van der Waals surface area contributed by atoms with Crippen LogP contribution in [0.1, 0.15) is 83.9 Å². The Kier molecular flexibility index (Phi) is 10.3. The van der Waals surface area contributed by atoms with E-state index in [4.69, 9.17) is 14.0 Å². The molecule has 2 N–H and O–H groups in total. The maximum Gasteiger partial charge on any atom is 0.494 e. The van der Waals surface area contributed by atoms with Crippen LogP contribution >= 0.6 is 0 Å². The molecule has 0 aromatic heterocycles. The lowest BCUT2D eigenvalue weighted by Crippen LogP contribution is -2.53. The number of carbonyl (C=O) groups excluding carboxylic acids is 3. The van der Waals surface area contributed by atoms with Gasteiger partial charge in [0, 0.05) is 12.3 Å². The minimum absolute atomic E-state index is 0.0594. The average Bonchev–Trinajstić information content (AvgIpc) is 3.47. The van der Waals surface area contributed by atoms with Gasteiger partial charge in [-0.25, -0.2) is 4.79 Å². The summed E-state index contributed by atoms with van der Waals surface area (Å²) in [6, 6.07) is 22.8. The van der Waals surface area contributed by atoms with Crippen LogP contribution in [0.15, 0.2) is 72.8 Å². The van der Waals surface area contributed by atoms with E-state index < -0.39 is 42.4 Å². The van der Waals surface area contributed by atoms with Gasteiger partial charge in [-0.3, -0.25) is 9.59 Å². The zero-order valence-corrected chi connectivity index (χ0v) is 28.6. The summed E-state index contributed by atoms with van der Waals surface area (Å²) in [6.45, 7) is 13.7. The Morgan fingerprint density at radius 3 is 1.91 bits per heavy atom. The van der Waals surface area contributed by atoms with Crippen molar-refractivity contribution in [3.63, 3.8) is 0 Å². The number of Topliss-reactive ketones (excluding diaryl/α,β-unsaturated/α-hetero) is 1. The zero-order chi connectivity index (χ0) is 33.9. The van der Waals surface area contributed by atoms with Crippen LogP contribution in [0.5, 0.6) is 0 Å². The highest BCUT2D eigenvalue weighted by Crippen LogP contribution is 2.44. The van der Waals surface area contributed by atoms with E-state index in [-0.39, 0.29) is 24.2 Å². The minimum atomic E-state index is -0.844. The van der Waals surface area contributed by atoms with Gasteiger partial charge >= 0.3 is 13.2 Å². The normalized spacial score (nSPS) is 17.5. The number of amides is 2. The molecule has 47 heavy (non-hydrogen) atoms. The quantitative estimate of drug-likeness (QED) is 0.238. The molecule has 248 valence electrons. The van der Waals surface area contributed by atoms with Gasteiger partial charge in [0.2, 0.25) is 5.91 Å². The largest absolute Gasteiger partial charge is 0.494 e. The smallest absolute Gasteiger partial charge is 0.449 e. The standard InChI is InChI=1S/C38H47BN2O6/c1-24(2)34(41-36(44)45-23-32-30-16-10-8-14-28(30)29-15-9-11-17-31(29)32)35(43)40-25(3)33(42)18-12-13-26-19-21-27(22-20-26)39-46-37(4,5)38(6,7)47-39/h8-11,14-17,19-22,24-25,32,34H,12-13,18,23H2,1-7H3,(H,40,43)(H,41,44)/t25-,34-/m0/s1. The second kappa shape index (κ2) is 14.0. The summed E-state index contributed by atoms with van der Waals surface area (Å²) in [5, 5.41) is 5.53. The third-order valence-electron chi connectivity index (χ3n) is 9.80. The molecule has 2 atom stereocenters.